The summed E-state index contributed by atoms with van der Waals surface area (Å²) >= 11 is 5.62. The Balaban J connectivity index is 2.41. The maximum atomic E-state index is 5.62. The lowest BCUT2D eigenvalue weighted by molar-refractivity contribution is 0.279. The fraction of sp³-hybridized carbons (Fsp3) is 0.444. The molecular formula is C9H13ClN2O. The summed E-state index contributed by atoms with van der Waals surface area (Å²) in [5.41, 5.74) is 0. The van der Waals surface area contributed by atoms with Crippen LogP contribution in [0.1, 0.15) is 6.92 Å². The first kappa shape index (κ1) is 10.3. The van der Waals surface area contributed by atoms with Crippen LogP contribution in [0, 0.1) is 0 Å². The van der Waals surface area contributed by atoms with Gasteiger partial charge in [-0.15, -0.1) is 0 Å². The van der Waals surface area contributed by atoms with Crippen LogP contribution in [0.15, 0.2) is 18.3 Å². The van der Waals surface area contributed by atoms with E-state index in [1.54, 1.807) is 18.3 Å². The molecule has 3 nitrogen and oxygen atoms in total. The van der Waals surface area contributed by atoms with Crippen molar-refractivity contribution < 1.29 is 4.74 Å². The van der Waals surface area contributed by atoms with Gasteiger partial charge >= 0.3 is 0 Å². The Morgan fingerprint density at radius 2 is 2.38 bits per heavy atom. The number of aromatic nitrogens is 1. The number of pyridine rings is 1. The minimum atomic E-state index is 0.329. The van der Waals surface area contributed by atoms with Crippen LogP contribution in [-0.2, 0) is 0 Å². The molecule has 0 aliphatic heterocycles. The monoisotopic (exact) mass is 200 g/mol. The minimum absolute atomic E-state index is 0.329. The van der Waals surface area contributed by atoms with Gasteiger partial charge in [0.2, 0.25) is 0 Å². The summed E-state index contributed by atoms with van der Waals surface area (Å²) in [7, 11) is 1.90. The van der Waals surface area contributed by atoms with Crippen LogP contribution < -0.4 is 10.1 Å². The zero-order chi connectivity index (χ0) is 9.68. The van der Waals surface area contributed by atoms with Gasteiger partial charge in [0.15, 0.2) is 0 Å². The van der Waals surface area contributed by atoms with Gasteiger partial charge in [0, 0.05) is 6.04 Å². The van der Waals surface area contributed by atoms with E-state index in [-0.39, 0.29) is 0 Å². The summed E-state index contributed by atoms with van der Waals surface area (Å²) in [6, 6.07) is 3.84. The minimum Gasteiger partial charge on any atom is -0.490 e. The molecule has 1 unspecified atom stereocenters. The first-order chi connectivity index (χ1) is 6.22. The van der Waals surface area contributed by atoms with Gasteiger partial charge in [-0.2, -0.15) is 0 Å². The van der Waals surface area contributed by atoms with Gasteiger partial charge in [0.25, 0.3) is 0 Å². The summed E-state index contributed by atoms with van der Waals surface area (Å²) in [4.78, 5) is 3.90. The van der Waals surface area contributed by atoms with Gasteiger partial charge in [-0.1, -0.05) is 11.6 Å². The average Bonchev–Trinajstić information content (AvgIpc) is 2.16. The lowest BCUT2D eigenvalue weighted by Gasteiger charge is -2.11. The molecule has 0 fully saturated rings. The number of hydrogen-bond donors (Lipinski definition) is 1. The van der Waals surface area contributed by atoms with Crippen LogP contribution in [0.25, 0.3) is 0 Å². The standard InChI is InChI=1S/C9H13ClN2O/c1-7(11-2)6-13-8-3-4-9(10)12-5-8/h3-5,7,11H,6H2,1-2H3. The van der Waals surface area contributed by atoms with Crippen molar-refractivity contribution >= 4 is 11.6 Å². The average molecular weight is 201 g/mol. The van der Waals surface area contributed by atoms with Crippen molar-refractivity contribution in [1.82, 2.24) is 10.3 Å². The van der Waals surface area contributed by atoms with Crippen LogP contribution in [0.5, 0.6) is 5.75 Å². The molecule has 4 heteroatoms. The van der Waals surface area contributed by atoms with E-state index in [0.717, 1.165) is 5.75 Å². The van der Waals surface area contributed by atoms with Crippen molar-refractivity contribution in [1.29, 1.82) is 0 Å². The molecule has 0 aliphatic carbocycles. The molecule has 1 aromatic heterocycles. The number of rotatable bonds is 4. The second-order valence-electron chi connectivity index (χ2n) is 2.82. The van der Waals surface area contributed by atoms with Gasteiger partial charge in [0.1, 0.15) is 17.5 Å². The first-order valence-electron chi connectivity index (χ1n) is 4.14. The Morgan fingerprint density at radius 3 is 2.92 bits per heavy atom. The van der Waals surface area contributed by atoms with Gasteiger partial charge in [-0.3, -0.25) is 0 Å². The van der Waals surface area contributed by atoms with Gasteiger partial charge in [-0.05, 0) is 26.1 Å². The topological polar surface area (TPSA) is 34.1 Å². The molecule has 13 heavy (non-hydrogen) atoms. The highest BCUT2D eigenvalue weighted by atomic mass is 35.5. The number of ether oxygens (including phenoxy) is 1. The molecule has 0 saturated carbocycles. The van der Waals surface area contributed by atoms with E-state index in [0.29, 0.717) is 17.8 Å². The van der Waals surface area contributed by atoms with Crippen molar-refractivity contribution in [3.8, 4) is 5.75 Å². The zero-order valence-electron chi connectivity index (χ0n) is 7.75. The molecule has 1 aromatic rings. The molecule has 0 aliphatic rings. The first-order valence-corrected chi connectivity index (χ1v) is 4.52. The number of nitrogens with zero attached hydrogens (tertiary/aromatic N) is 1. The van der Waals surface area contributed by atoms with Gasteiger partial charge < -0.3 is 10.1 Å². The van der Waals surface area contributed by atoms with Crippen LogP contribution in [0.4, 0.5) is 0 Å². The van der Waals surface area contributed by atoms with E-state index >= 15 is 0 Å². The SMILES string of the molecule is CNC(C)COc1ccc(Cl)nc1. The molecule has 1 rings (SSSR count). The molecule has 0 aromatic carbocycles. The third kappa shape index (κ3) is 3.61. The Morgan fingerprint density at radius 1 is 1.62 bits per heavy atom. The quantitative estimate of drug-likeness (QED) is 0.752. The molecule has 0 amide bonds. The second-order valence-corrected chi connectivity index (χ2v) is 3.20. The predicted octanol–water partition coefficient (Wildman–Crippen LogP) is 1.72. The normalized spacial score (nSPS) is 12.5. The highest BCUT2D eigenvalue weighted by Gasteiger charge is 1.99. The third-order valence-corrected chi connectivity index (χ3v) is 1.92. The number of likely N-dealkylation sites (N-methyl/N-ethyl adjacent to an activating group) is 1. The molecule has 0 radical (unpaired) electrons. The van der Waals surface area contributed by atoms with Crippen molar-refractivity contribution in [2.45, 2.75) is 13.0 Å². The second kappa shape index (κ2) is 5.04. The maximum absolute atomic E-state index is 5.62. The van der Waals surface area contributed by atoms with Crippen LogP contribution in [-0.4, -0.2) is 24.7 Å². The van der Waals surface area contributed by atoms with Crippen LogP contribution >= 0.6 is 11.6 Å². The molecule has 1 heterocycles. The van der Waals surface area contributed by atoms with Crippen LogP contribution in [0.3, 0.4) is 0 Å². The van der Waals surface area contributed by atoms with E-state index in [4.69, 9.17) is 16.3 Å². The van der Waals surface area contributed by atoms with Gasteiger partial charge in [-0.25, -0.2) is 4.98 Å². The van der Waals surface area contributed by atoms with Crippen molar-refractivity contribution in [3.05, 3.63) is 23.5 Å². The van der Waals surface area contributed by atoms with E-state index in [1.165, 1.54) is 0 Å². The van der Waals surface area contributed by atoms with Crippen molar-refractivity contribution in [2.75, 3.05) is 13.7 Å². The Hall–Kier alpha value is -0.800. The zero-order valence-corrected chi connectivity index (χ0v) is 8.51. The predicted molar refractivity (Wildman–Crippen MR) is 53.3 cm³/mol. The van der Waals surface area contributed by atoms with E-state index in [2.05, 4.69) is 10.3 Å². The summed E-state index contributed by atoms with van der Waals surface area (Å²) < 4.78 is 5.43. The fourth-order valence-electron chi connectivity index (χ4n) is 0.752. The smallest absolute Gasteiger partial charge is 0.137 e. The summed E-state index contributed by atoms with van der Waals surface area (Å²) in [6.45, 7) is 2.67. The Labute approximate surface area is 83.1 Å². The Bertz CT molecular complexity index is 250. The van der Waals surface area contributed by atoms with Gasteiger partial charge in [0.05, 0.1) is 6.20 Å². The number of hydrogen-bond acceptors (Lipinski definition) is 3. The van der Waals surface area contributed by atoms with Crippen molar-refractivity contribution in [2.24, 2.45) is 0 Å². The lowest BCUT2D eigenvalue weighted by Crippen LogP contribution is -2.28. The number of nitrogens with one attached hydrogen (secondary N) is 1. The van der Waals surface area contributed by atoms with Crippen molar-refractivity contribution in [3.63, 3.8) is 0 Å². The summed E-state index contributed by atoms with van der Waals surface area (Å²) in [5.74, 6) is 0.742. The molecule has 0 saturated heterocycles. The highest BCUT2D eigenvalue weighted by Crippen LogP contribution is 2.11. The third-order valence-electron chi connectivity index (χ3n) is 1.69. The van der Waals surface area contributed by atoms with Crippen LogP contribution in [0.2, 0.25) is 5.15 Å². The molecule has 0 bridgehead atoms. The summed E-state index contributed by atoms with van der Waals surface area (Å²) in [5, 5.41) is 3.56. The van der Waals surface area contributed by atoms with E-state index < -0.39 is 0 Å². The molecule has 1 N–H and O–H groups in total. The molecule has 0 spiro atoms. The highest BCUT2D eigenvalue weighted by molar-refractivity contribution is 6.29. The maximum Gasteiger partial charge on any atom is 0.137 e. The largest absolute Gasteiger partial charge is 0.490 e. The Kier molecular flexibility index (Phi) is 3.99. The number of halogens is 1. The molecule has 1 atom stereocenters. The van der Waals surface area contributed by atoms with E-state index in [9.17, 15) is 0 Å². The lowest BCUT2D eigenvalue weighted by atomic mass is 10.4. The molecular weight excluding hydrogens is 188 g/mol. The van der Waals surface area contributed by atoms with E-state index in [1.807, 2.05) is 14.0 Å². The summed E-state index contributed by atoms with van der Waals surface area (Å²) in [6.07, 6.45) is 1.62. The molecule has 72 valence electrons. The fourth-order valence-corrected chi connectivity index (χ4v) is 0.864.